The Morgan fingerprint density at radius 1 is 1.53 bits per heavy atom. The van der Waals surface area contributed by atoms with E-state index in [0.29, 0.717) is 6.54 Å². The molecule has 1 saturated heterocycles. The van der Waals surface area contributed by atoms with Gasteiger partial charge in [0.15, 0.2) is 0 Å². The molecule has 0 aliphatic carbocycles. The van der Waals surface area contributed by atoms with Crippen molar-refractivity contribution in [2.75, 3.05) is 20.2 Å². The van der Waals surface area contributed by atoms with Crippen molar-refractivity contribution in [2.45, 2.75) is 19.9 Å². The molecule has 1 aliphatic rings. The first-order chi connectivity index (χ1) is 8.70. The van der Waals surface area contributed by atoms with Gasteiger partial charge in [-0.2, -0.15) is 0 Å². The van der Waals surface area contributed by atoms with Gasteiger partial charge >= 0.3 is 0 Å². The number of amides is 1. The molecule has 1 atom stereocenters. The predicted molar refractivity (Wildman–Crippen MR) is 77.8 cm³/mol. The Morgan fingerprint density at radius 3 is 2.95 bits per heavy atom. The summed E-state index contributed by atoms with van der Waals surface area (Å²) in [4.78, 5) is 11.9. The van der Waals surface area contributed by atoms with E-state index in [1.54, 1.807) is 7.11 Å². The van der Waals surface area contributed by atoms with Gasteiger partial charge in [-0.25, -0.2) is 0 Å². The maximum absolute atomic E-state index is 11.9. The van der Waals surface area contributed by atoms with Gasteiger partial charge in [0.05, 0.1) is 13.0 Å². The number of rotatable bonds is 4. The van der Waals surface area contributed by atoms with Crippen LogP contribution in [0.5, 0.6) is 5.75 Å². The molecule has 106 valence electrons. The minimum Gasteiger partial charge on any atom is -0.496 e. The van der Waals surface area contributed by atoms with Crippen molar-refractivity contribution >= 4 is 18.3 Å². The van der Waals surface area contributed by atoms with Gasteiger partial charge in [0.1, 0.15) is 5.75 Å². The van der Waals surface area contributed by atoms with Crippen LogP contribution in [0.3, 0.4) is 0 Å². The first-order valence-electron chi connectivity index (χ1n) is 6.32. The Labute approximate surface area is 120 Å². The fourth-order valence-electron chi connectivity index (χ4n) is 2.20. The molecule has 0 aromatic heterocycles. The molecule has 1 amide bonds. The van der Waals surface area contributed by atoms with Crippen LogP contribution in [0.4, 0.5) is 0 Å². The third-order valence-corrected chi connectivity index (χ3v) is 3.33. The van der Waals surface area contributed by atoms with Crippen LogP contribution in [0.15, 0.2) is 18.2 Å². The lowest BCUT2D eigenvalue weighted by Gasteiger charge is -2.12. The summed E-state index contributed by atoms with van der Waals surface area (Å²) in [6.45, 7) is 4.27. The number of methoxy groups -OCH3 is 1. The van der Waals surface area contributed by atoms with Crippen LogP contribution in [0.2, 0.25) is 0 Å². The Kier molecular flexibility index (Phi) is 6.12. The fourth-order valence-corrected chi connectivity index (χ4v) is 2.20. The maximum Gasteiger partial charge on any atom is 0.224 e. The number of ether oxygens (including phenoxy) is 1. The highest BCUT2D eigenvalue weighted by Gasteiger charge is 2.22. The smallest absolute Gasteiger partial charge is 0.224 e. The second kappa shape index (κ2) is 7.36. The standard InChI is InChI=1S/C14H20N2O2.ClH/c1-10-3-4-11(13(7-10)18-2)9-16-14(17)12-5-6-15-8-12;/h3-4,7,12,15H,5-6,8-9H2,1-2H3,(H,16,17);1H. The van der Waals surface area contributed by atoms with Crippen LogP contribution < -0.4 is 15.4 Å². The van der Waals surface area contributed by atoms with Crippen molar-refractivity contribution in [1.29, 1.82) is 0 Å². The van der Waals surface area contributed by atoms with E-state index in [2.05, 4.69) is 10.6 Å². The lowest BCUT2D eigenvalue weighted by Crippen LogP contribution is -2.31. The van der Waals surface area contributed by atoms with Crippen molar-refractivity contribution in [3.63, 3.8) is 0 Å². The quantitative estimate of drug-likeness (QED) is 0.884. The lowest BCUT2D eigenvalue weighted by molar-refractivity contribution is -0.124. The van der Waals surface area contributed by atoms with E-state index in [4.69, 9.17) is 4.74 Å². The summed E-state index contributed by atoms with van der Waals surface area (Å²) >= 11 is 0. The van der Waals surface area contributed by atoms with Crippen LogP contribution in [0.25, 0.3) is 0 Å². The molecule has 0 bridgehead atoms. The zero-order chi connectivity index (χ0) is 13.0. The molecule has 1 heterocycles. The highest BCUT2D eigenvalue weighted by Crippen LogP contribution is 2.19. The maximum atomic E-state index is 11.9. The molecule has 5 heteroatoms. The molecule has 0 saturated carbocycles. The van der Waals surface area contributed by atoms with Crippen LogP contribution in [0.1, 0.15) is 17.5 Å². The van der Waals surface area contributed by atoms with Gasteiger partial charge in [-0.1, -0.05) is 12.1 Å². The van der Waals surface area contributed by atoms with Gasteiger partial charge in [0.2, 0.25) is 5.91 Å². The molecule has 1 fully saturated rings. The Bertz CT molecular complexity index is 431. The summed E-state index contributed by atoms with van der Waals surface area (Å²) in [6.07, 6.45) is 0.927. The first kappa shape index (κ1) is 15.8. The Morgan fingerprint density at radius 2 is 2.32 bits per heavy atom. The lowest BCUT2D eigenvalue weighted by atomic mass is 10.1. The zero-order valence-electron chi connectivity index (χ0n) is 11.4. The topological polar surface area (TPSA) is 50.4 Å². The average molecular weight is 285 g/mol. The average Bonchev–Trinajstić information content (AvgIpc) is 2.90. The van der Waals surface area contributed by atoms with E-state index < -0.39 is 0 Å². The van der Waals surface area contributed by atoms with Gasteiger partial charge in [-0.15, -0.1) is 12.4 Å². The van der Waals surface area contributed by atoms with Crippen molar-refractivity contribution in [3.8, 4) is 5.75 Å². The molecule has 0 radical (unpaired) electrons. The summed E-state index contributed by atoms with van der Waals surface area (Å²) in [5, 5.41) is 6.17. The monoisotopic (exact) mass is 284 g/mol. The van der Waals surface area contributed by atoms with Gasteiger partial charge in [0, 0.05) is 18.7 Å². The zero-order valence-corrected chi connectivity index (χ0v) is 12.2. The van der Waals surface area contributed by atoms with Gasteiger partial charge in [-0.3, -0.25) is 4.79 Å². The largest absolute Gasteiger partial charge is 0.496 e. The number of halogens is 1. The number of hydrogen-bond acceptors (Lipinski definition) is 3. The van der Waals surface area contributed by atoms with E-state index >= 15 is 0 Å². The molecule has 1 aromatic carbocycles. The summed E-state index contributed by atoms with van der Waals surface area (Å²) in [5.41, 5.74) is 2.17. The molecule has 1 aliphatic heterocycles. The number of nitrogens with one attached hydrogen (secondary N) is 2. The van der Waals surface area contributed by atoms with E-state index in [1.165, 1.54) is 0 Å². The van der Waals surface area contributed by atoms with Crippen molar-refractivity contribution < 1.29 is 9.53 Å². The summed E-state index contributed by atoms with van der Waals surface area (Å²) in [7, 11) is 1.65. The van der Waals surface area contributed by atoms with Gasteiger partial charge < -0.3 is 15.4 Å². The minimum absolute atomic E-state index is 0. The van der Waals surface area contributed by atoms with Gasteiger partial charge in [-0.05, 0) is 31.5 Å². The Hall–Kier alpha value is -1.26. The number of benzene rings is 1. The fraction of sp³-hybridized carbons (Fsp3) is 0.500. The second-order valence-electron chi connectivity index (χ2n) is 4.72. The molecule has 0 spiro atoms. The molecular weight excluding hydrogens is 264 g/mol. The summed E-state index contributed by atoms with van der Waals surface area (Å²) in [6, 6.07) is 6.01. The van der Waals surface area contributed by atoms with E-state index in [0.717, 1.165) is 36.4 Å². The van der Waals surface area contributed by atoms with E-state index in [9.17, 15) is 4.79 Å². The normalized spacial score (nSPS) is 17.7. The van der Waals surface area contributed by atoms with Crippen molar-refractivity contribution in [3.05, 3.63) is 29.3 Å². The second-order valence-corrected chi connectivity index (χ2v) is 4.72. The summed E-state index contributed by atoms with van der Waals surface area (Å²) < 4.78 is 5.32. The number of carbonyl (C=O) groups is 1. The molecular formula is C14H21ClN2O2. The van der Waals surface area contributed by atoms with E-state index in [-0.39, 0.29) is 24.2 Å². The highest BCUT2D eigenvalue weighted by atomic mass is 35.5. The van der Waals surface area contributed by atoms with Crippen LogP contribution in [-0.2, 0) is 11.3 Å². The molecule has 2 rings (SSSR count). The highest BCUT2D eigenvalue weighted by molar-refractivity contribution is 5.85. The van der Waals surface area contributed by atoms with Crippen LogP contribution in [0, 0.1) is 12.8 Å². The summed E-state index contributed by atoms with van der Waals surface area (Å²) in [5.74, 6) is 1.07. The first-order valence-corrected chi connectivity index (χ1v) is 6.32. The number of carbonyl (C=O) groups excluding carboxylic acids is 1. The predicted octanol–water partition coefficient (Wildman–Crippen LogP) is 1.65. The van der Waals surface area contributed by atoms with Crippen LogP contribution in [-0.4, -0.2) is 26.1 Å². The Balaban J connectivity index is 0.00000180. The number of hydrogen-bond donors (Lipinski definition) is 2. The van der Waals surface area contributed by atoms with Crippen molar-refractivity contribution in [1.82, 2.24) is 10.6 Å². The number of aryl methyl sites for hydroxylation is 1. The third kappa shape index (κ3) is 4.11. The van der Waals surface area contributed by atoms with E-state index in [1.807, 2.05) is 25.1 Å². The minimum atomic E-state index is 0. The third-order valence-electron chi connectivity index (χ3n) is 3.33. The van der Waals surface area contributed by atoms with Crippen molar-refractivity contribution in [2.24, 2.45) is 5.92 Å². The molecule has 2 N–H and O–H groups in total. The van der Waals surface area contributed by atoms with Gasteiger partial charge in [0.25, 0.3) is 0 Å². The van der Waals surface area contributed by atoms with Crippen LogP contribution >= 0.6 is 12.4 Å². The molecule has 19 heavy (non-hydrogen) atoms. The molecule has 4 nitrogen and oxygen atoms in total. The molecule has 1 aromatic rings. The molecule has 1 unspecified atom stereocenters. The SMILES string of the molecule is COc1cc(C)ccc1CNC(=O)C1CCNC1.Cl.